The van der Waals surface area contributed by atoms with Gasteiger partial charge in [-0.1, -0.05) is 48.0 Å². The molecule has 2 saturated heterocycles. The van der Waals surface area contributed by atoms with Crippen LogP contribution in [-0.4, -0.2) is 41.9 Å². The predicted octanol–water partition coefficient (Wildman–Crippen LogP) is 4.46. The molecule has 0 radical (unpaired) electrons. The third kappa shape index (κ3) is 6.07. The molecule has 2 fully saturated rings. The Morgan fingerprint density at radius 2 is 1.50 bits per heavy atom. The number of carbonyl (C=O) groups is 1. The molecule has 2 aliphatic heterocycles. The number of piperidine rings is 1. The highest BCUT2D eigenvalue weighted by Gasteiger charge is 2.24. The quantitative estimate of drug-likeness (QED) is 0.711. The highest BCUT2D eigenvalue weighted by atomic mass is 35.5. The Kier molecular flexibility index (Phi) is 7.42. The molecule has 0 atom stereocenters. The number of benzene rings is 2. The zero-order valence-corrected chi connectivity index (χ0v) is 18.4. The van der Waals surface area contributed by atoms with E-state index in [1.54, 1.807) is 0 Å². The smallest absolute Gasteiger partial charge is 0.223 e. The van der Waals surface area contributed by atoms with E-state index in [1.807, 2.05) is 12.1 Å². The van der Waals surface area contributed by atoms with Crippen LogP contribution in [0.2, 0.25) is 5.02 Å². The van der Waals surface area contributed by atoms with Gasteiger partial charge in [-0.3, -0.25) is 14.6 Å². The lowest BCUT2D eigenvalue weighted by Crippen LogP contribution is -2.40. The molecule has 2 heterocycles. The van der Waals surface area contributed by atoms with Gasteiger partial charge >= 0.3 is 0 Å². The first kappa shape index (κ1) is 21.4. The molecule has 0 unspecified atom stereocenters. The van der Waals surface area contributed by atoms with Crippen LogP contribution in [-0.2, 0) is 24.4 Å². The number of likely N-dealkylation sites (tertiary alicyclic amines) is 2. The van der Waals surface area contributed by atoms with Crippen molar-refractivity contribution in [2.45, 2.75) is 45.3 Å². The average Bonchev–Trinajstić information content (AvgIpc) is 3.27. The van der Waals surface area contributed by atoms with Crippen LogP contribution in [0.4, 0.5) is 0 Å². The molecular formula is C25H32ClN3O. The summed E-state index contributed by atoms with van der Waals surface area (Å²) in [5, 5.41) is 3.95. The Labute approximate surface area is 185 Å². The minimum Gasteiger partial charge on any atom is -0.352 e. The molecule has 0 spiro atoms. The van der Waals surface area contributed by atoms with Gasteiger partial charge in [0, 0.05) is 30.6 Å². The third-order valence-electron chi connectivity index (χ3n) is 6.34. The summed E-state index contributed by atoms with van der Waals surface area (Å²) in [7, 11) is 0. The number of amides is 1. The van der Waals surface area contributed by atoms with Gasteiger partial charge in [0.15, 0.2) is 0 Å². The van der Waals surface area contributed by atoms with E-state index in [9.17, 15) is 4.79 Å². The first-order chi connectivity index (χ1) is 14.7. The maximum Gasteiger partial charge on any atom is 0.223 e. The van der Waals surface area contributed by atoms with Gasteiger partial charge < -0.3 is 5.32 Å². The van der Waals surface area contributed by atoms with E-state index in [4.69, 9.17) is 11.6 Å². The Hall–Kier alpha value is -1.88. The zero-order valence-electron chi connectivity index (χ0n) is 17.7. The second-order valence-electron chi connectivity index (χ2n) is 8.70. The number of nitrogens with one attached hydrogen (secondary N) is 1. The monoisotopic (exact) mass is 425 g/mol. The van der Waals surface area contributed by atoms with Crippen LogP contribution in [0.3, 0.4) is 0 Å². The van der Waals surface area contributed by atoms with Gasteiger partial charge in [-0.05, 0) is 80.7 Å². The van der Waals surface area contributed by atoms with Gasteiger partial charge in [0.2, 0.25) is 5.91 Å². The molecule has 0 bridgehead atoms. The molecule has 2 aliphatic rings. The van der Waals surface area contributed by atoms with Crippen molar-refractivity contribution in [1.29, 1.82) is 0 Å². The summed E-state index contributed by atoms with van der Waals surface area (Å²) in [6.45, 7) is 6.91. The molecule has 4 rings (SSSR count). The van der Waals surface area contributed by atoms with Crippen molar-refractivity contribution in [3.63, 3.8) is 0 Å². The maximum atomic E-state index is 12.7. The second-order valence-corrected chi connectivity index (χ2v) is 9.13. The molecule has 0 saturated carbocycles. The summed E-state index contributed by atoms with van der Waals surface area (Å²) in [6, 6.07) is 16.7. The fourth-order valence-corrected chi connectivity index (χ4v) is 4.70. The Morgan fingerprint density at radius 1 is 0.867 bits per heavy atom. The number of nitrogens with zero attached hydrogens (tertiary/aromatic N) is 2. The summed E-state index contributed by atoms with van der Waals surface area (Å²) in [4.78, 5) is 17.6. The average molecular weight is 426 g/mol. The van der Waals surface area contributed by atoms with Crippen LogP contribution in [0.5, 0.6) is 0 Å². The Balaban J connectivity index is 1.21. The standard InChI is InChI=1S/C25H32ClN3O/c26-24-8-6-20(7-9-24)18-29-14-10-23(11-15-29)25(30)27-17-21-4-3-5-22(16-21)19-28-12-1-2-13-28/h3-9,16,23H,1-2,10-15,17-19H2,(H,27,30). The summed E-state index contributed by atoms with van der Waals surface area (Å²) in [5.74, 6) is 0.324. The van der Waals surface area contributed by atoms with Crippen LogP contribution >= 0.6 is 11.6 Å². The first-order valence-corrected chi connectivity index (χ1v) is 11.6. The molecule has 5 heteroatoms. The van der Waals surface area contributed by atoms with Crippen molar-refractivity contribution in [1.82, 2.24) is 15.1 Å². The van der Waals surface area contributed by atoms with Crippen molar-refractivity contribution in [2.75, 3.05) is 26.2 Å². The van der Waals surface area contributed by atoms with Crippen LogP contribution < -0.4 is 5.32 Å². The largest absolute Gasteiger partial charge is 0.352 e. The van der Waals surface area contributed by atoms with E-state index >= 15 is 0 Å². The molecule has 1 amide bonds. The summed E-state index contributed by atoms with van der Waals surface area (Å²) < 4.78 is 0. The Bertz CT molecular complexity index is 825. The van der Waals surface area contributed by atoms with E-state index in [-0.39, 0.29) is 11.8 Å². The SMILES string of the molecule is O=C(NCc1cccc(CN2CCCC2)c1)C1CCN(Cc2ccc(Cl)cc2)CC1. The van der Waals surface area contributed by atoms with Crippen molar-refractivity contribution in [2.24, 2.45) is 5.92 Å². The molecule has 2 aromatic carbocycles. The topological polar surface area (TPSA) is 35.6 Å². The molecule has 1 N–H and O–H groups in total. The van der Waals surface area contributed by atoms with E-state index in [1.165, 1.54) is 42.6 Å². The van der Waals surface area contributed by atoms with Crippen molar-refractivity contribution >= 4 is 17.5 Å². The maximum absolute atomic E-state index is 12.7. The number of rotatable bonds is 7. The van der Waals surface area contributed by atoms with E-state index in [0.29, 0.717) is 6.54 Å². The highest BCUT2D eigenvalue weighted by molar-refractivity contribution is 6.30. The van der Waals surface area contributed by atoms with Gasteiger partial charge in [-0.25, -0.2) is 0 Å². The number of carbonyl (C=O) groups excluding carboxylic acids is 1. The van der Waals surface area contributed by atoms with Crippen molar-refractivity contribution < 1.29 is 4.79 Å². The minimum atomic E-state index is 0.124. The molecule has 4 nitrogen and oxygen atoms in total. The predicted molar refractivity (Wildman–Crippen MR) is 122 cm³/mol. The number of hydrogen-bond donors (Lipinski definition) is 1. The normalized spacial score (nSPS) is 18.6. The van der Waals surface area contributed by atoms with Gasteiger partial charge in [0.1, 0.15) is 0 Å². The fourth-order valence-electron chi connectivity index (χ4n) is 4.57. The van der Waals surface area contributed by atoms with Gasteiger partial charge in [0.05, 0.1) is 0 Å². The molecule has 0 aromatic heterocycles. The van der Waals surface area contributed by atoms with Crippen LogP contribution in [0.15, 0.2) is 48.5 Å². The first-order valence-electron chi connectivity index (χ1n) is 11.2. The number of hydrogen-bond acceptors (Lipinski definition) is 3. The van der Waals surface area contributed by atoms with E-state index < -0.39 is 0 Å². The number of halogens is 1. The van der Waals surface area contributed by atoms with Crippen LogP contribution in [0.25, 0.3) is 0 Å². The molecule has 30 heavy (non-hydrogen) atoms. The van der Waals surface area contributed by atoms with Crippen molar-refractivity contribution in [3.05, 3.63) is 70.2 Å². The lowest BCUT2D eigenvalue weighted by molar-refractivity contribution is -0.126. The Morgan fingerprint density at radius 3 is 2.23 bits per heavy atom. The van der Waals surface area contributed by atoms with Crippen LogP contribution in [0.1, 0.15) is 42.4 Å². The third-order valence-corrected chi connectivity index (χ3v) is 6.59. The molecular weight excluding hydrogens is 394 g/mol. The minimum absolute atomic E-state index is 0.124. The lowest BCUT2D eigenvalue weighted by atomic mass is 9.95. The second kappa shape index (κ2) is 10.4. The van der Waals surface area contributed by atoms with Crippen molar-refractivity contribution in [3.8, 4) is 0 Å². The van der Waals surface area contributed by atoms with Gasteiger partial charge in [-0.2, -0.15) is 0 Å². The summed E-state index contributed by atoms with van der Waals surface area (Å²) >= 11 is 5.97. The lowest BCUT2D eigenvalue weighted by Gasteiger charge is -2.31. The molecule has 2 aromatic rings. The van der Waals surface area contributed by atoms with Gasteiger partial charge in [-0.15, -0.1) is 0 Å². The van der Waals surface area contributed by atoms with Crippen LogP contribution in [0, 0.1) is 5.92 Å². The highest BCUT2D eigenvalue weighted by Crippen LogP contribution is 2.20. The summed E-state index contributed by atoms with van der Waals surface area (Å²) in [6.07, 6.45) is 4.48. The van der Waals surface area contributed by atoms with E-state index in [2.05, 4.69) is 51.5 Å². The van der Waals surface area contributed by atoms with Gasteiger partial charge in [0.25, 0.3) is 0 Å². The zero-order chi connectivity index (χ0) is 20.8. The molecule has 160 valence electrons. The molecule has 0 aliphatic carbocycles. The van der Waals surface area contributed by atoms with E-state index in [0.717, 1.165) is 44.0 Å². The summed E-state index contributed by atoms with van der Waals surface area (Å²) in [5.41, 5.74) is 3.82. The fraction of sp³-hybridized carbons (Fsp3) is 0.480.